The van der Waals surface area contributed by atoms with Crippen LogP contribution < -0.4 is 10.1 Å². The van der Waals surface area contributed by atoms with E-state index in [9.17, 15) is 0 Å². The number of methoxy groups -OCH3 is 1. The van der Waals surface area contributed by atoms with E-state index in [1.54, 1.807) is 18.4 Å². The standard InChI is InChI=1S/C13H16N2OS/c1-9-4-5-12(16-3)11(8-9)15-10(2)13-14-6-7-17-13/h4-8,10,15H,1-3H3. The third kappa shape index (κ3) is 2.77. The van der Waals surface area contributed by atoms with E-state index in [0.29, 0.717) is 0 Å². The molecule has 0 bridgehead atoms. The molecule has 17 heavy (non-hydrogen) atoms. The molecule has 0 saturated carbocycles. The molecule has 1 unspecified atom stereocenters. The van der Waals surface area contributed by atoms with Crippen LogP contribution in [0.5, 0.6) is 5.75 Å². The predicted octanol–water partition coefficient (Wildman–Crippen LogP) is 3.63. The van der Waals surface area contributed by atoms with Gasteiger partial charge in [0.2, 0.25) is 0 Å². The van der Waals surface area contributed by atoms with Gasteiger partial charge in [-0.15, -0.1) is 11.3 Å². The second kappa shape index (κ2) is 5.19. The molecule has 1 N–H and O–H groups in total. The van der Waals surface area contributed by atoms with Gasteiger partial charge < -0.3 is 10.1 Å². The number of aryl methyl sites for hydroxylation is 1. The Hall–Kier alpha value is -1.55. The van der Waals surface area contributed by atoms with Gasteiger partial charge in [-0.3, -0.25) is 0 Å². The van der Waals surface area contributed by atoms with E-state index in [1.807, 2.05) is 23.7 Å². The van der Waals surface area contributed by atoms with Crippen molar-refractivity contribution in [3.8, 4) is 5.75 Å². The average Bonchev–Trinajstić information content (AvgIpc) is 2.83. The Morgan fingerprint density at radius 2 is 2.24 bits per heavy atom. The van der Waals surface area contributed by atoms with Crippen molar-refractivity contribution in [1.29, 1.82) is 0 Å². The van der Waals surface area contributed by atoms with Gasteiger partial charge in [0.05, 0.1) is 18.8 Å². The summed E-state index contributed by atoms with van der Waals surface area (Å²) in [5.41, 5.74) is 2.22. The summed E-state index contributed by atoms with van der Waals surface area (Å²) in [6, 6.07) is 6.29. The molecule has 2 rings (SSSR count). The first-order valence-corrected chi connectivity index (χ1v) is 6.39. The van der Waals surface area contributed by atoms with Gasteiger partial charge in [-0.2, -0.15) is 0 Å². The summed E-state index contributed by atoms with van der Waals surface area (Å²) in [5, 5.41) is 6.49. The van der Waals surface area contributed by atoms with Crippen molar-refractivity contribution in [2.75, 3.05) is 12.4 Å². The summed E-state index contributed by atoms with van der Waals surface area (Å²) >= 11 is 1.65. The summed E-state index contributed by atoms with van der Waals surface area (Å²) in [6.07, 6.45) is 1.83. The average molecular weight is 248 g/mol. The zero-order valence-corrected chi connectivity index (χ0v) is 11.0. The van der Waals surface area contributed by atoms with Crippen LogP contribution in [0.2, 0.25) is 0 Å². The Morgan fingerprint density at radius 3 is 2.88 bits per heavy atom. The molecule has 1 atom stereocenters. The van der Waals surface area contributed by atoms with E-state index in [-0.39, 0.29) is 6.04 Å². The number of hydrogen-bond donors (Lipinski definition) is 1. The highest BCUT2D eigenvalue weighted by atomic mass is 32.1. The fourth-order valence-electron chi connectivity index (χ4n) is 1.68. The lowest BCUT2D eigenvalue weighted by Crippen LogP contribution is -2.07. The first kappa shape index (κ1) is 11.9. The van der Waals surface area contributed by atoms with Gasteiger partial charge in [0, 0.05) is 11.6 Å². The lowest BCUT2D eigenvalue weighted by atomic mass is 10.2. The number of rotatable bonds is 4. The summed E-state index contributed by atoms with van der Waals surface area (Å²) in [7, 11) is 1.68. The molecule has 0 fully saturated rings. The van der Waals surface area contributed by atoms with Gasteiger partial charge in [-0.1, -0.05) is 6.07 Å². The minimum absolute atomic E-state index is 0.186. The molecule has 0 spiro atoms. The number of ether oxygens (including phenoxy) is 1. The Balaban J connectivity index is 2.20. The maximum absolute atomic E-state index is 5.34. The molecule has 1 aromatic heterocycles. The quantitative estimate of drug-likeness (QED) is 0.897. The van der Waals surface area contributed by atoms with E-state index in [1.165, 1.54) is 5.56 Å². The molecule has 2 aromatic rings. The molecular weight excluding hydrogens is 232 g/mol. The Bertz CT molecular complexity index is 482. The van der Waals surface area contributed by atoms with E-state index in [4.69, 9.17) is 4.74 Å². The molecule has 3 nitrogen and oxygen atoms in total. The molecular formula is C13H16N2OS. The molecule has 1 heterocycles. The van der Waals surface area contributed by atoms with Crippen LogP contribution in [0.4, 0.5) is 5.69 Å². The van der Waals surface area contributed by atoms with Gasteiger partial charge in [-0.05, 0) is 31.5 Å². The number of nitrogens with zero attached hydrogens (tertiary/aromatic N) is 1. The van der Waals surface area contributed by atoms with Crippen LogP contribution >= 0.6 is 11.3 Å². The highest BCUT2D eigenvalue weighted by Crippen LogP contribution is 2.29. The molecule has 0 amide bonds. The zero-order chi connectivity index (χ0) is 12.3. The number of hydrogen-bond acceptors (Lipinski definition) is 4. The second-order valence-corrected chi connectivity index (χ2v) is 4.87. The second-order valence-electron chi connectivity index (χ2n) is 3.94. The molecule has 90 valence electrons. The first-order valence-electron chi connectivity index (χ1n) is 5.51. The minimum Gasteiger partial charge on any atom is -0.495 e. The Morgan fingerprint density at radius 1 is 1.41 bits per heavy atom. The molecule has 4 heteroatoms. The molecule has 0 radical (unpaired) electrons. The SMILES string of the molecule is COc1ccc(C)cc1NC(C)c1nccs1. The van der Waals surface area contributed by atoms with Crippen molar-refractivity contribution < 1.29 is 4.74 Å². The summed E-state index contributed by atoms with van der Waals surface area (Å²) in [5.74, 6) is 0.860. The van der Waals surface area contributed by atoms with E-state index in [0.717, 1.165) is 16.4 Å². The number of thiazole rings is 1. The normalized spacial score (nSPS) is 12.2. The Labute approximate surface area is 105 Å². The third-order valence-electron chi connectivity index (χ3n) is 2.55. The van der Waals surface area contributed by atoms with E-state index >= 15 is 0 Å². The van der Waals surface area contributed by atoms with Crippen molar-refractivity contribution in [2.45, 2.75) is 19.9 Å². The largest absolute Gasteiger partial charge is 0.495 e. The Kier molecular flexibility index (Phi) is 3.64. The van der Waals surface area contributed by atoms with Crippen LogP contribution in [0.25, 0.3) is 0 Å². The van der Waals surface area contributed by atoms with Crippen LogP contribution in [0.3, 0.4) is 0 Å². The van der Waals surface area contributed by atoms with Gasteiger partial charge in [0.1, 0.15) is 10.8 Å². The lowest BCUT2D eigenvalue weighted by molar-refractivity contribution is 0.416. The third-order valence-corrected chi connectivity index (χ3v) is 3.51. The topological polar surface area (TPSA) is 34.1 Å². The van der Waals surface area contributed by atoms with Crippen molar-refractivity contribution in [3.63, 3.8) is 0 Å². The van der Waals surface area contributed by atoms with Crippen LogP contribution in [0, 0.1) is 6.92 Å². The van der Waals surface area contributed by atoms with Crippen molar-refractivity contribution in [3.05, 3.63) is 40.3 Å². The minimum atomic E-state index is 0.186. The van der Waals surface area contributed by atoms with Gasteiger partial charge in [0.25, 0.3) is 0 Å². The van der Waals surface area contributed by atoms with Crippen LogP contribution in [-0.4, -0.2) is 12.1 Å². The predicted molar refractivity (Wildman–Crippen MR) is 71.9 cm³/mol. The molecule has 0 saturated heterocycles. The zero-order valence-electron chi connectivity index (χ0n) is 10.2. The molecule has 1 aromatic carbocycles. The van der Waals surface area contributed by atoms with Crippen molar-refractivity contribution in [1.82, 2.24) is 4.98 Å². The molecule has 0 aliphatic heterocycles. The summed E-state index contributed by atoms with van der Waals surface area (Å²) in [4.78, 5) is 4.31. The van der Waals surface area contributed by atoms with Crippen molar-refractivity contribution in [2.24, 2.45) is 0 Å². The maximum Gasteiger partial charge on any atom is 0.141 e. The van der Waals surface area contributed by atoms with Crippen LogP contribution in [-0.2, 0) is 0 Å². The number of anilines is 1. The number of aromatic nitrogens is 1. The highest BCUT2D eigenvalue weighted by Gasteiger charge is 2.10. The number of benzene rings is 1. The van der Waals surface area contributed by atoms with Gasteiger partial charge in [-0.25, -0.2) is 4.98 Å². The van der Waals surface area contributed by atoms with Crippen molar-refractivity contribution >= 4 is 17.0 Å². The monoisotopic (exact) mass is 248 g/mol. The maximum atomic E-state index is 5.34. The fourth-order valence-corrected chi connectivity index (χ4v) is 2.32. The summed E-state index contributed by atoms with van der Waals surface area (Å²) in [6.45, 7) is 4.17. The van der Waals surface area contributed by atoms with E-state index in [2.05, 4.69) is 30.2 Å². The van der Waals surface area contributed by atoms with Gasteiger partial charge in [0.15, 0.2) is 0 Å². The lowest BCUT2D eigenvalue weighted by Gasteiger charge is -2.16. The summed E-state index contributed by atoms with van der Waals surface area (Å²) < 4.78 is 5.34. The highest BCUT2D eigenvalue weighted by molar-refractivity contribution is 7.09. The fraction of sp³-hybridized carbons (Fsp3) is 0.308. The first-order chi connectivity index (χ1) is 8.20. The van der Waals surface area contributed by atoms with Crippen LogP contribution in [0.1, 0.15) is 23.5 Å². The smallest absolute Gasteiger partial charge is 0.141 e. The molecule has 0 aliphatic rings. The van der Waals surface area contributed by atoms with Gasteiger partial charge >= 0.3 is 0 Å². The van der Waals surface area contributed by atoms with Crippen LogP contribution in [0.15, 0.2) is 29.8 Å². The van der Waals surface area contributed by atoms with E-state index < -0.39 is 0 Å². The molecule has 0 aliphatic carbocycles. The number of nitrogens with one attached hydrogen (secondary N) is 1.